The van der Waals surface area contributed by atoms with Crippen molar-refractivity contribution >= 4 is 11.6 Å². The van der Waals surface area contributed by atoms with Crippen LogP contribution in [0.3, 0.4) is 0 Å². The van der Waals surface area contributed by atoms with Gasteiger partial charge in [-0.1, -0.05) is 13.8 Å². The van der Waals surface area contributed by atoms with Crippen molar-refractivity contribution in [2.24, 2.45) is 5.73 Å². The molecular weight excluding hydrogens is 269 g/mol. The molecule has 0 spiro atoms. The maximum Gasteiger partial charge on any atom is 0.305 e. The third kappa shape index (κ3) is 4.47. The highest BCUT2D eigenvalue weighted by Crippen LogP contribution is 2.22. The summed E-state index contributed by atoms with van der Waals surface area (Å²) in [4.78, 5) is 20.8. The van der Waals surface area contributed by atoms with E-state index >= 15 is 0 Å². The number of nitro benzene ring substituents is 1. The summed E-state index contributed by atoms with van der Waals surface area (Å²) >= 11 is 0. The molecule has 0 radical (unpaired) electrons. The van der Waals surface area contributed by atoms with Crippen LogP contribution in [0, 0.1) is 15.9 Å². The summed E-state index contributed by atoms with van der Waals surface area (Å²) in [6, 6.07) is 2.44. The van der Waals surface area contributed by atoms with Crippen molar-refractivity contribution < 1.29 is 18.8 Å². The molecule has 1 aromatic rings. The van der Waals surface area contributed by atoms with Gasteiger partial charge < -0.3 is 15.8 Å². The quantitative estimate of drug-likeness (QED) is 0.573. The molecule has 1 aromatic carbocycles. The van der Waals surface area contributed by atoms with Crippen LogP contribution >= 0.6 is 0 Å². The number of ether oxygens (including phenoxy) is 1. The molecule has 0 aromatic heterocycles. The summed E-state index contributed by atoms with van der Waals surface area (Å²) in [5, 5.41) is 13.4. The van der Waals surface area contributed by atoms with Gasteiger partial charge in [0.1, 0.15) is 18.4 Å². The van der Waals surface area contributed by atoms with Gasteiger partial charge in [0, 0.05) is 18.2 Å². The number of carbonyl (C=O) groups is 1. The normalized spacial score (nSPS) is 12.2. The number of rotatable bonds is 7. The molecule has 0 aliphatic carbocycles. The molecule has 8 heteroatoms. The molecule has 1 rings (SSSR count). The highest BCUT2D eigenvalue weighted by atomic mass is 19.1. The molecule has 0 saturated heterocycles. The van der Waals surface area contributed by atoms with Crippen LogP contribution in [-0.2, 0) is 4.79 Å². The van der Waals surface area contributed by atoms with Crippen molar-refractivity contribution in [2.75, 3.05) is 6.61 Å². The third-order valence-electron chi connectivity index (χ3n) is 2.41. The van der Waals surface area contributed by atoms with E-state index < -0.39 is 28.4 Å². The Kier molecular flexibility index (Phi) is 5.39. The highest BCUT2D eigenvalue weighted by molar-refractivity contribution is 5.80. The van der Waals surface area contributed by atoms with Crippen LogP contribution in [-0.4, -0.2) is 29.5 Å². The number of hydrogen-bond donors (Lipinski definition) is 2. The summed E-state index contributed by atoms with van der Waals surface area (Å²) in [6.07, 6.45) is 0. The Morgan fingerprint density at radius 3 is 2.65 bits per heavy atom. The van der Waals surface area contributed by atoms with Gasteiger partial charge in [-0.05, 0) is 6.07 Å². The molecule has 1 atom stereocenters. The second kappa shape index (κ2) is 6.80. The average Bonchev–Trinajstić information content (AvgIpc) is 2.33. The van der Waals surface area contributed by atoms with Crippen molar-refractivity contribution in [3.8, 4) is 5.75 Å². The topological polar surface area (TPSA) is 107 Å². The fourth-order valence-corrected chi connectivity index (χ4v) is 1.52. The molecule has 0 aliphatic rings. The number of carbonyl (C=O) groups excluding carboxylic acids is 1. The van der Waals surface area contributed by atoms with Gasteiger partial charge in [0.2, 0.25) is 11.7 Å². The molecule has 0 saturated carbocycles. The molecule has 20 heavy (non-hydrogen) atoms. The van der Waals surface area contributed by atoms with Gasteiger partial charge in [0.15, 0.2) is 0 Å². The first-order valence-electron chi connectivity index (χ1n) is 5.93. The molecule has 1 unspecified atom stereocenters. The van der Waals surface area contributed by atoms with E-state index in [0.29, 0.717) is 0 Å². The van der Waals surface area contributed by atoms with Crippen LogP contribution in [0.1, 0.15) is 13.8 Å². The van der Waals surface area contributed by atoms with E-state index in [4.69, 9.17) is 10.5 Å². The van der Waals surface area contributed by atoms with E-state index in [2.05, 4.69) is 5.32 Å². The number of primary amides is 1. The molecule has 0 bridgehead atoms. The zero-order valence-electron chi connectivity index (χ0n) is 11.1. The van der Waals surface area contributed by atoms with Crippen molar-refractivity contribution in [2.45, 2.75) is 25.9 Å². The highest BCUT2D eigenvalue weighted by Gasteiger charge is 2.18. The zero-order valence-corrected chi connectivity index (χ0v) is 11.1. The Balaban J connectivity index is 2.71. The number of nitrogens with one attached hydrogen (secondary N) is 1. The van der Waals surface area contributed by atoms with Crippen LogP contribution in [0.5, 0.6) is 5.75 Å². The number of benzene rings is 1. The van der Waals surface area contributed by atoms with E-state index in [9.17, 15) is 19.3 Å². The fourth-order valence-electron chi connectivity index (χ4n) is 1.52. The maximum absolute atomic E-state index is 13.4. The Bertz CT molecular complexity index is 507. The predicted octanol–water partition coefficient (Wildman–Crippen LogP) is 0.965. The molecule has 0 heterocycles. The van der Waals surface area contributed by atoms with Gasteiger partial charge in [0.25, 0.3) is 0 Å². The van der Waals surface area contributed by atoms with Crippen LogP contribution in [0.2, 0.25) is 0 Å². The summed E-state index contributed by atoms with van der Waals surface area (Å²) < 4.78 is 18.6. The standard InChI is InChI=1S/C12H16FN3O4/c1-7(2)15-10(12(14)17)6-20-8-3-4-11(16(18)19)9(13)5-8/h3-5,7,10,15H,6H2,1-2H3,(H2,14,17). The van der Waals surface area contributed by atoms with Gasteiger partial charge in [-0.25, -0.2) is 0 Å². The second-order valence-electron chi connectivity index (χ2n) is 4.46. The minimum atomic E-state index is -1.00. The van der Waals surface area contributed by atoms with Gasteiger partial charge in [-0.15, -0.1) is 0 Å². The summed E-state index contributed by atoms with van der Waals surface area (Å²) in [6.45, 7) is 3.58. The van der Waals surface area contributed by atoms with Crippen LogP contribution in [0.4, 0.5) is 10.1 Å². The smallest absolute Gasteiger partial charge is 0.305 e. The minimum Gasteiger partial charge on any atom is -0.491 e. The Hall–Kier alpha value is -2.22. The fraction of sp³-hybridized carbons (Fsp3) is 0.417. The van der Waals surface area contributed by atoms with Crippen molar-refractivity contribution in [1.82, 2.24) is 5.32 Å². The van der Waals surface area contributed by atoms with Gasteiger partial charge in [-0.3, -0.25) is 14.9 Å². The molecule has 3 N–H and O–H groups in total. The van der Waals surface area contributed by atoms with Gasteiger partial charge in [-0.2, -0.15) is 4.39 Å². The first-order chi connectivity index (χ1) is 9.31. The molecule has 1 amide bonds. The average molecular weight is 285 g/mol. The number of nitrogens with zero attached hydrogens (tertiary/aromatic N) is 1. The largest absolute Gasteiger partial charge is 0.491 e. The van der Waals surface area contributed by atoms with E-state index in [1.54, 1.807) is 0 Å². The number of amides is 1. The molecule has 0 aliphatic heterocycles. The first-order valence-corrected chi connectivity index (χ1v) is 5.93. The lowest BCUT2D eigenvalue weighted by molar-refractivity contribution is -0.387. The summed E-state index contributed by atoms with van der Waals surface area (Å²) in [5.41, 5.74) is 4.56. The molecule has 7 nitrogen and oxygen atoms in total. The lowest BCUT2D eigenvalue weighted by Crippen LogP contribution is -2.48. The SMILES string of the molecule is CC(C)NC(COc1ccc([N+](=O)[O-])c(F)c1)C(N)=O. The first kappa shape index (κ1) is 15.8. The summed E-state index contributed by atoms with van der Waals surface area (Å²) in [7, 11) is 0. The Morgan fingerprint density at radius 2 is 2.20 bits per heavy atom. The molecular formula is C12H16FN3O4. The van der Waals surface area contributed by atoms with Crippen LogP contribution in [0.15, 0.2) is 18.2 Å². The van der Waals surface area contributed by atoms with Crippen LogP contribution < -0.4 is 15.8 Å². The molecule has 0 fully saturated rings. The van der Waals surface area contributed by atoms with E-state index in [1.807, 2.05) is 13.8 Å². The van der Waals surface area contributed by atoms with Crippen molar-refractivity contribution in [3.63, 3.8) is 0 Å². The van der Waals surface area contributed by atoms with Crippen LogP contribution in [0.25, 0.3) is 0 Å². The van der Waals surface area contributed by atoms with Crippen molar-refractivity contribution in [3.05, 3.63) is 34.1 Å². The minimum absolute atomic E-state index is 0.0182. The van der Waals surface area contributed by atoms with E-state index in [-0.39, 0.29) is 18.4 Å². The number of nitrogens with two attached hydrogens (primary N) is 1. The monoisotopic (exact) mass is 285 g/mol. The van der Waals surface area contributed by atoms with Gasteiger partial charge >= 0.3 is 5.69 Å². The third-order valence-corrected chi connectivity index (χ3v) is 2.41. The molecule has 110 valence electrons. The van der Waals surface area contributed by atoms with Crippen molar-refractivity contribution in [1.29, 1.82) is 0 Å². The number of nitro groups is 1. The lowest BCUT2D eigenvalue weighted by atomic mass is 10.2. The Morgan fingerprint density at radius 1 is 1.55 bits per heavy atom. The second-order valence-corrected chi connectivity index (χ2v) is 4.46. The summed E-state index contributed by atoms with van der Waals surface area (Å²) in [5.74, 6) is -1.51. The van der Waals surface area contributed by atoms with E-state index in [1.165, 1.54) is 6.07 Å². The predicted molar refractivity (Wildman–Crippen MR) is 69.8 cm³/mol. The number of hydrogen-bond acceptors (Lipinski definition) is 5. The van der Waals surface area contributed by atoms with Gasteiger partial charge in [0.05, 0.1) is 4.92 Å². The maximum atomic E-state index is 13.4. The number of halogens is 1. The zero-order chi connectivity index (χ0) is 15.3. The Labute approximate surface area is 115 Å². The van der Waals surface area contributed by atoms with E-state index in [0.717, 1.165) is 12.1 Å². The lowest BCUT2D eigenvalue weighted by Gasteiger charge is -2.18.